The molecule has 3 N–H and O–H groups in total. The van der Waals surface area contributed by atoms with E-state index in [-0.39, 0.29) is 5.91 Å². The van der Waals surface area contributed by atoms with Crippen molar-refractivity contribution in [3.63, 3.8) is 0 Å². The van der Waals surface area contributed by atoms with E-state index < -0.39 is 0 Å². The summed E-state index contributed by atoms with van der Waals surface area (Å²) in [4.78, 5) is 29.7. The average Bonchev–Trinajstić information content (AvgIpc) is 3.45. The van der Waals surface area contributed by atoms with E-state index in [0.717, 1.165) is 50.0 Å². The fourth-order valence-corrected chi connectivity index (χ4v) is 3.91. The molecule has 5 aromatic rings. The van der Waals surface area contributed by atoms with Crippen LogP contribution < -0.4 is 5.32 Å². The lowest BCUT2D eigenvalue weighted by Crippen LogP contribution is -2.12. The summed E-state index contributed by atoms with van der Waals surface area (Å²) >= 11 is 0. The third-order valence-electron chi connectivity index (χ3n) is 5.48. The van der Waals surface area contributed by atoms with Crippen molar-refractivity contribution in [2.45, 2.75) is 0 Å². The Hall–Kier alpha value is -4.23. The smallest absolute Gasteiger partial charge is 0.248 e. The Morgan fingerprint density at radius 2 is 1.88 bits per heavy atom. The Bertz CT molecular complexity index is 1480. The number of aromatic amines is 2. The van der Waals surface area contributed by atoms with Gasteiger partial charge in [0.2, 0.25) is 5.91 Å². The minimum absolute atomic E-state index is 0.149. The molecule has 0 unspecified atom stereocenters. The summed E-state index contributed by atoms with van der Waals surface area (Å²) < 4.78 is 0. The molecule has 33 heavy (non-hydrogen) atoms. The zero-order valence-corrected chi connectivity index (χ0v) is 18.5. The summed E-state index contributed by atoms with van der Waals surface area (Å²) in [5.74, 6) is -0.149. The van der Waals surface area contributed by atoms with Crippen molar-refractivity contribution in [1.82, 2.24) is 24.8 Å². The van der Waals surface area contributed by atoms with Gasteiger partial charge in [0, 0.05) is 65.0 Å². The molecular weight excluding hydrogens is 412 g/mol. The van der Waals surface area contributed by atoms with Gasteiger partial charge in [0.05, 0.1) is 0 Å². The fourth-order valence-electron chi connectivity index (χ4n) is 3.91. The van der Waals surface area contributed by atoms with Crippen LogP contribution in [0.15, 0.2) is 79.4 Å². The molecule has 0 fully saturated rings. The normalized spacial score (nSPS) is 11.7. The molecule has 0 bridgehead atoms. The number of pyridine rings is 2. The highest BCUT2D eigenvalue weighted by molar-refractivity contribution is 6.04. The number of amides is 1. The van der Waals surface area contributed by atoms with E-state index in [2.05, 4.69) is 31.3 Å². The Kier molecular flexibility index (Phi) is 5.46. The molecule has 4 heterocycles. The number of carbonyl (C=O) groups excluding carboxylic acids is 1. The quantitative estimate of drug-likeness (QED) is 0.333. The highest BCUT2D eigenvalue weighted by Gasteiger charge is 2.13. The zero-order valence-electron chi connectivity index (χ0n) is 18.5. The third-order valence-corrected chi connectivity index (χ3v) is 5.48. The number of nitrogens with one attached hydrogen (secondary N) is 3. The number of aromatic nitrogens is 4. The van der Waals surface area contributed by atoms with Crippen molar-refractivity contribution in [2.75, 3.05) is 26.0 Å². The van der Waals surface area contributed by atoms with Crippen molar-refractivity contribution in [2.24, 2.45) is 0 Å². The summed E-state index contributed by atoms with van der Waals surface area (Å²) in [5.41, 5.74) is 6.54. The number of likely N-dealkylation sites (N-methyl/N-ethyl adjacent to an activating group) is 1. The van der Waals surface area contributed by atoms with Crippen molar-refractivity contribution in [1.29, 1.82) is 0 Å². The van der Waals surface area contributed by atoms with Crippen LogP contribution in [0, 0.1) is 0 Å². The van der Waals surface area contributed by atoms with Crippen LogP contribution in [0.4, 0.5) is 5.69 Å². The van der Waals surface area contributed by atoms with Gasteiger partial charge in [0.25, 0.3) is 0 Å². The van der Waals surface area contributed by atoms with E-state index in [0.29, 0.717) is 6.54 Å². The maximum Gasteiger partial charge on any atom is 0.248 e. The van der Waals surface area contributed by atoms with Gasteiger partial charge in [-0.15, -0.1) is 0 Å². The van der Waals surface area contributed by atoms with E-state index in [1.54, 1.807) is 6.08 Å². The molecule has 7 heteroatoms. The Morgan fingerprint density at radius 3 is 2.76 bits per heavy atom. The second kappa shape index (κ2) is 8.72. The van der Waals surface area contributed by atoms with E-state index in [4.69, 9.17) is 0 Å². The summed E-state index contributed by atoms with van der Waals surface area (Å²) in [5, 5.41) is 5.03. The van der Waals surface area contributed by atoms with Crippen LogP contribution in [-0.2, 0) is 4.79 Å². The molecular formula is C26H24N6O. The molecule has 164 valence electrons. The molecule has 7 nitrogen and oxygen atoms in total. The third kappa shape index (κ3) is 4.26. The largest absolute Gasteiger partial charge is 0.346 e. The highest BCUT2D eigenvalue weighted by Crippen LogP contribution is 2.34. The van der Waals surface area contributed by atoms with Crippen molar-refractivity contribution < 1.29 is 4.79 Å². The van der Waals surface area contributed by atoms with Gasteiger partial charge in [0.15, 0.2) is 0 Å². The van der Waals surface area contributed by atoms with Crippen LogP contribution in [0.3, 0.4) is 0 Å². The predicted molar refractivity (Wildman–Crippen MR) is 133 cm³/mol. The summed E-state index contributed by atoms with van der Waals surface area (Å²) in [6, 6.07) is 14.0. The summed E-state index contributed by atoms with van der Waals surface area (Å²) in [6.45, 7) is 0.713. The number of nitrogens with zero attached hydrogens (tertiary/aromatic N) is 3. The number of benzene rings is 1. The van der Waals surface area contributed by atoms with Gasteiger partial charge in [-0.05, 0) is 55.6 Å². The average molecular weight is 437 g/mol. The van der Waals surface area contributed by atoms with E-state index in [1.807, 2.05) is 86.3 Å². The molecule has 4 aromatic heterocycles. The number of rotatable bonds is 6. The number of H-pyrrole nitrogens is 2. The lowest BCUT2D eigenvalue weighted by molar-refractivity contribution is -0.111. The molecule has 5 rings (SSSR count). The number of hydrogen-bond donors (Lipinski definition) is 3. The van der Waals surface area contributed by atoms with Crippen LogP contribution in [-0.4, -0.2) is 51.4 Å². The van der Waals surface area contributed by atoms with Gasteiger partial charge in [-0.25, -0.2) is 9.97 Å². The molecule has 0 aliphatic rings. The van der Waals surface area contributed by atoms with Gasteiger partial charge in [-0.3, -0.25) is 4.79 Å². The molecule has 0 aliphatic carbocycles. The summed E-state index contributed by atoms with van der Waals surface area (Å²) in [7, 11) is 3.92. The first-order chi connectivity index (χ1) is 16.1. The molecule has 0 saturated carbocycles. The standard InChI is InChI=1S/C26H24N6O/c1-32(2)12-4-7-24(33)31-19-6-3-5-17(13-19)18-14-22-23(16-30-26(22)29-15-18)20-8-10-27-25-21(20)9-11-28-25/h3-11,13-16H,12H2,1-2H3,(H,27,28)(H,29,30)(H,31,33)/b7-4+. The van der Waals surface area contributed by atoms with E-state index in [1.165, 1.54) is 0 Å². The van der Waals surface area contributed by atoms with Gasteiger partial charge < -0.3 is 20.2 Å². The van der Waals surface area contributed by atoms with Crippen LogP contribution in [0.5, 0.6) is 0 Å². The number of anilines is 1. The van der Waals surface area contributed by atoms with Gasteiger partial charge in [0.1, 0.15) is 11.3 Å². The van der Waals surface area contributed by atoms with Gasteiger partial charge in [-0.1, -0.05) is 18.2 Å². The maximum atomic E-state index is 12.2. The maximum absolute atomic E-state index is 12.2. The van der Waals surface area contributed by atoms with Crippen LogP contribution in [0.2, 0.25) is 0 Å². The first-order valence-corrected chi connectivity index (χ1v) is 10.7. The number of fused-ring (bicyclic) bond motifs is 2. The van der Waals surface area contributed by atoms with E-state index >= 15 is 0 Å². The lowest BCUT2D eigenvalue weighted by Gasteiger charge is -2.08. The highest BCUT2D eigenvalue weighted by atomic mass is 16.1. The van der Waals surface area contributed by atoms with Crippen LogP contribution in [0.25, 0.3) is 44.3 Å². The van der Waals surface area contributed by atoms with Crippen molar-refractivity contribution >= 4 is 33.7 Å². The topological polar surface area (TPSA) is 89.7 Å². The van der Waals surface area contributed by atoms with Crippen LogP contribution in [0.1, 0.15) is 0 Å². The number of hydrogen-bond acceptors (Lipinski definition) is 4. The molecule has 0 spiro atoms. The second-order valence-electron chi connectivity index (χ2n) is 8.16. The number of carbonyl (C=O) groups is 1. The summed E-state index contributed by atoms with van der Waals surface area (Å²) in [6.07, 6.45) is 10.9. The van der Waals surface area contributed by atoms with Gasteiger partial charge >= 0.3 is 0 Å². The van der Waals surface area contributed by atoms with E-state index in [9.17, 15) is 4.79 Å². The first-order valence-electron chi connectivity index (χ1n) is 10.7. The fraction of sp³-hybridized carbons (Fsp3) is 0.115. The molecule has 0 radical (unpaired) electrons. The minimum Gasteiger partial charge on any atom is -0.346 e. The second-order valence-corrected chi connectivity index (χ2v) is 8.16. The monoisotopic (exact) mass is 436 g/mol. The molecule has 0 atom stereocenters. The van der Waals surface area contributed by atoms with Gasteiger partial charge in [-0.2, -0.15) is 0 Å². The minimum atomic E-state index is -0.149. The lowest BCUT2D eigenvalue weighted by atomic mass is 10.0. The zero-order chi connectivity index (χ0) is 22.8. The van der Waals surface area contributed by atoms with Crippen molar-refractivity contribution in [3.8, 4) is 22.3 Å². The first kappa shape index (κ1) is 20.7. The Balaban J connectivity index is 1.47. The van der Waals surface area contributed by atoms with Crippen LogP contribution >= 0.6 is 0 Å². The molecule has 0 saturated heterocycles. The SMILES string of the molecule is CN(C)C/C=C/C(=O)Nc1cccc(-c2cnc3[nH]cc(-c4ccnc5[nH]ccc45)c3c2)c1. The van der Waals surface area contributed by atoms with Crippen molar-refractivity contribution in [3.05, 3.63) is 79.4 Å². The molecule has 0 aliphatic heterocycles. The Morgan fingerprint density at radius 1 is 1.00 bits per heavy atom. The molecule has 1 aromatic carbocycles. The Labute approximate surface area is 191 Å². The molecule has 1 amide bonds. The predicted octanol–water partition coefficient (Wildman–Crippen LogP) is 4.83.